The number of imidazole rings is 1. The van der Waals surface area contributed by atoms with Crippen molar-refractivity contribution < 1.29 is 0 Å². The highest BCUT2D eigenvalue weighted by molar-refractivity contribution is 5.62. The summed E-state index contributed by atoms with van der Waals surface area (Å²) in [6, 6.07) is 8.17. The summed E-state index contributed by atoms with van der Waals surface area (Å²) in [6.07, 6.45) is 6.37. The van der Waals surface area contributed by atoms with Crippen molar-refractivity contribution >= 4 is 17.0 Å². The topological polar surface area (TPSA) is 71.0 Å². The molecule has 1 atom stereocenters. The third kappa shape index (κ3) is 3.09. The fraction of sp³-hybridized carbons (Fsp3) is 0.391. The predicted octanol–water partition coefficient (Wildman–Crippen LogP) is 2.31. The lowest BCUT2D eigenvalue weighted by atomic mass is 10.1. The molecule has 6 rings (SSSR count). The molecule has 158 valence electrons. The second-order valence-corrected chi connectivity index (χ2v) is 8.74. The number of aromatic nitrogens is 5. The van der Waals surface area contributed by atoms with Crippen molar-refractivity contribution in [1.29, 1.82) is 0 Å². The first kappa shape index (κ1) is 18.5. The molecule has 1 unspecified atom stereocenters. The van der Waals surface area contributed by atoms with Crippen molar-refractivity contribution in [2.24, 2.45) is 0 Å². The van der Waals surface area contributed by atoms with Gasteiger partial charge in [0.25, 0.3) is 5.56 Å². The molecule has 2 aliphatic rings. The molecular formula is C23H25N7O. The number of nitrogens with zero attached hydrogens (tertiary/aromatic N) is 7. The van der Waals surface area contributed by atoms with Gasteiger partial charge in [0.2, 0.25) is 0 Å². The van der Waals surface area contributed by atoms with Crippen LogP contribution in [0, 0.1) is 13.8 Å². The fourth-order valence-corrected chi connectivity index (χ4v) is 5.01. The molecule has 0 N–H and O–H groups in total. The number of pyridine rings is 1. The molecule has 0 amide bonds. The summed E-state index contributed by atoms with van der Waals surface area (Å²) in [7, 11) is 0. The van der Waals surface area contributed by atoms with Gasteiger partial charge in [0.1, 0.15) is 11.3 Å². The third-order valence-electron chi connectivity index (χ3n) is 6.59. The average Bonchev–Trinajstić information content (AvgIpc) is 3.38. The molecule has 0 bridgehead atoms. The number of anilines is 1. The Hall–Kier alpha value is -3.26. The molecule has 0 aliphatic carbocycles. The van der Waals surface area contributed by atoms with E-state index in [1.54, 1.807) is 15.0 Å². The average molecular weight is 416 g/mol. The van der Waals surface area contributed by atoms with Crippen LogP contribution in [-0.4, -0.2) is 61.1 Å². The van der Waals surface area contributed by atoms with E-state index in [2.05, 4.69) is 25.9 Å². The second-order valence-electron chi connectivity index (χ2n) is 8.74. The molecule has 6 heterocycles. The van der Waals surface area contributed by atoms with E-state index in [0.29, 0.717) is 23.1 Å². The van der Waals surface area contributed by atoms with Crippen molar-refractivity contribution in [3.05, 3.63) is 58.3 Å². The summed E-state index contributed by atoms with van der Waals surface area (Å²) in [4.78, 5) is 27.2. The molecule has 0 radical (unpaired) electrons. The highest BCUT2D eigenvalue weighted by atomic mass is 16.1. The Kier molecular flexibility index (Phi) is 4.11. The summed E-state index contributed by atoms with van der Waals surface area (Å²) in [6.45, 7) is 8.28. The summed E-state index contributed by atoms with van der Waals surface area (Å²) in [5.74, 6) is 0. The quantitative estimate of drug-likeness (QED) is 0.500. The molecule has 4 aromatic rings. The van der Waals surface area contributed by atoms with Crippen LogP contribution in [0.3, 0.4) is 0 Å². The van der Waals surface area contributed by atoms with Crippen LogP contribution in [0.5, 0.6) is 0 Å². The van der Waals surface area contributed by atoms with Gasteiger partial charge in [0, 0.05) is 37.9 Å². The smallest absolute Gasteiger partial charge is 0.258 e. The molecule has 8 heteroatoms. The van der Waals surface area contributed by atoms with Gasteiger partial charge in [-0.3, -0.25) is 14.1 Å². The maximum Gasteiger partial charge on any atom is 0.258 e. The van der Waals surface area contributed by atoms with Crippen LogP contribution >= 0.6 is 0 Å². The van der Waals surface area contributed by atoms with Crippen LogP contribution in [0.25, 0.3) is 22.7 Å². The Morgan fingerprint density at radius 2 is 1.90 bits per heavy atom. The summed E-state index contributed by atoms with van der Waals surface area (Å²) in [5.41, 5.74) is 5.60. The van der Waals surface area contributed by atoms with Crippen molar-refractivity contribution in [1.82, 2.24) is 28.9 Å². The number of hydrogen-bond donors (Lipinski definition) is 0. The lowest BCUT2D eigenvalue weighted by Gasteiger charge is -2.38. The molecule has 8 nitrogen and oxygen atoms in total. The highest BCUT2D eigenvalue weighted by Gasteiger charge is 2.30. The van der Waals surface area contributed by atoms with Crippen LogP contribution < -0.4 is 10.5 Å². The van der Waals surface area contributed by atoms with E-state index in [9.17, 15) is 4.79 Å². The highest BCUT2D eigenvalue weighted by Crippen LogP contribution is 2.26. The van der Waals surface area contributed by atoms with Crippen molar-refractivity contribution in [2.75, 3.05) is 31.1 Å². The van der Waals surface area contributed by atoms with E-state index in [1.165, 1.54) is 19.4 Å². The number of fused-ring (bicyclic) bond motifs is 3. The van der Waals surface area contributed by atoms with Gasteiger partial charge in [0.15, 0.2) is 5.65 Å². The molecule has 0 spiro atoms. The monoisotopic (exact) mass is 415 g/mol. The van der Waals surface area contributed by atoms with E-state index >= 15 is 0 Å². The minimum atomic E-state index is -0.0947. The minimum Gasteiger partial charge on any atom is -0.367 e. The minimum absolute atomic E-state index is 0.0947. The van der Waals surface area contributed by atoms with Crippen LogP contribution in [0.4, 0.5) is 5.69 Å². The van der Waals surface area contributed by atoms with Gasteiger partial charge in [-0.1, -0.05) is 0 Å². The summed E-state index contributed by atoms with van der Waals surface area (Å²) >= 11 is 0. The summed E-state index contributed by atoms with van der Waals surface area (Å²) in [5, 5.41) is 4.63. The zero-order valence-corrected chi connectivity index (χ0v) is 17.8. The van der Waals surface area contributed by atoms with Gasteiger partial charge in [0.05, 0.1) is 23.3 Å². The molecule has 0 aromatic carbocycles. The second kappa shape index (κ2) is 6.88. The maximum atomic E-state index is 13.0. The van der Waals surface area contributed by atoms with E-state index < -0.39 is 0 Å². The van der Waals surface area contributed by atoms with Crippen LogP contribution in [0.15, 0.2) is 41.5 Å². The first-order valence-corrected chi connectivity index (χ1v) is 10.9. The Balaban J connectivity index is 1.38. The van der Waals surface area contributed by atoms with E-state index in [4.69, 9.17) is 4.98 Å². The Morgan fingerprint density at radius 3 is 2.81 bits per heavy atom. The zero-order valence-electron chi connectivity index (χ0n) is 17.8. The molecule has 2 fully saturated rings. The zero-order chi connectivity index (χ0) is 21.1. The molecule has 2 saturated heterocycles. The first-order chi connectivity index (χ1) is 15.0. The van der Waals surface area contributed by atoms with Gasteiger partial charge in [-0.25, -0.2) is 14.5 Å². The standard InChI is InChI=1S/C23H25N7O/c1-15-10-20(26-30-12-16(2)24-23(15)30)19-11-22(31)29-14-18(5-6-21(29)25-19)28-9-8-27-7-3-4-17(27)13-28/h5-6,10-12,14,17H,3-4,7-9,13H2,1-2H3. The Morgan fingerprint density at radius 1 is 1.00 bits per heavy atom. The SMILES string of the molecule is Cc1cn2nc(-c3cc(=O)n4cc(N5CCN6CCCC6C5)ccc4n3)cc(C)c2n1. The molecule has 31 heavy (non-hydrogen) atoms. The van der Waals surface area contributed by atoms with Gasteiger partial charge in [-0.05, 0) is 57.0 Å². The van der Waals surface area contributed by atoms with E-state index in [1.807, 2.05) is 38.4 Å². The van der Waals surface area contributed by atoms with Crippen molar-refractivity contribution in [3.63, 3.8) is 0 Å². The lowest BCUT2D eigenvalue weighted by molar-refractivity contribution is 0.231. The number of piperazine rings is 1. The number of aryl methyl sites for hydroxylation is 2. The van der Waals surface area contributed by atoms with Crippen LogP contribution in [0.2, 0.25) is 0 Å². The van der Waals surface area contributed by atoms with Gasteiger partial charge >= 0.3 is 0 Å². The van der Waals surface area contributed by atoms with Crippen molar-refractivity contribution in [2.45, 2.75) is 32.7 Å². The Bertz CT molecular complexity index is 1370. The predicted molar refractivity (Wildman–Crippen MR) is 120 cm³/mol. The first-order valence-electron chi connectivity index (χ1n) is 10.9. The summed E-state index contributed by atoms with van der Waals surface area (Å²) < 4.78 is 3.40. The maximum absolute atomic E-state index is 13.0. The largest absolute Gasteiger partial charge is 0.367 e. The van der Waals surface area contributed by atoms with Crippen LogP contribution in [-0.2, 0) is 0 Å². The van der Waals surface area contributed by atoms with Gasteiger partial charge < -0.3 is 4.90 Å². The van der Waals surface area contributed by atoms with Gasteiger partial charge in [-0.15, -0.1) is 0 Å². The number of hydrogen-bond acceptors (Lipinski definition) is 6. The molecule has 4 aromatic heterocycles. The molecule has 0 saturated carbocycles. The van der Waals surface area contributed by atoms with E-state index in [-0.39, 0.29) is 5.56 Å². The fourth-order valence-electron chi connectivity index (χ4n) is 5.01. The third-order valence-corrected chi connectivity index (χ3v) is 6.59. The lowest BCUT2D eigenvalue weighted by Crippen LogP contribution is -2.50. The van der Waals surface area contributed by atoms with E-state index in [0.717, 1.165) is 42.2 Å². The van der Waals surface area contributed by atoms with Crippen molar-refractivity contribution in [3.8, 4) is 11.4 Å². The van der Waals surface area contributed by atoms with Crippen LogP contribution in [0.1, 0.15) is 24.1 Å². The Labute approximate surface area is 179 Å². The van der Waals surface area contributed by atoms with Gasteiger partial charge in [-0.2, -0.15) is 5.10 Å². The molecule has 2 aliphatic heterocycles. The molecular weight excluding hydrogens is 390 g/mol. The normalized spacial score (nSPS) is 19.4. The number of rotatable bonds is 2.